The molecule has 0 saturated carbocycles. The van der Waals surface area contributed by atoms with Crippen LogP contribution >= 0.6 is 0 Å². The molecule has 0 aliphatic carbocycles. The van der Waals surface area contributed by atoms with Crippen LogP contribution in [0.2, 0.25) is 0 Å². The molecule has 0 radical (unpaired) electrons. The Bertz CT molecular complexity index is 834. The fourth-order valence-corrected chi connectivity index (χ4v) is 3.14. The second-order valence-corrected chi connectivity index (χ2v) is 6.43. The highest BCUT2D eigenvalue weighted by Crippen LogP contribution is 2.24. The molecule has 4 nitrogen and oxygen atoms in total. The first kappa shape index (κ1) is 18.0. The maximum atomic E-state index is 14.0. The van der Waals surface area contributed by atoms with Gasteiger partial charge in [-0.3, -0.25) is 9.59 Å². The van der Waals surface area contributed by atoms with Crippen LogP contribution in [-0.2, 0) is 24.2 Å². The number of carbonyl (C=O) groups excluding carboxylic acids is 2. The predicted octanol–water partition coefficient (Wildman–Crippen LogP) is 2.84. The molecule has 0 unspecified atom stereocenters. The Hall–Kier alpha value is -2.76. The quantitative estimate of drug-likeness (QED) is 0.914. The summed E-state index contributed by atoms with van der Waals surface area (Å²) in [6.45, 7) is 2.58. The fourth-order valence-electron chi connectivity index (χ4n) is 3.14. The van der Waals surface area contributed by atoms with Gasteiger partial charge in [-0.15, -0.1) is 0 Å². The monoisotopic (exact) mass is 358 g/mol. The van der Waals surface area contributed by atoms with E-state index >= 15 is 0 Å². The van der Waals surface area contributed by atoms with Gasteiger partial charge in [0.25, 0.3) is 5.91 Å². The van der Waals surface area contributed by atoms with E-state index < -0.39 is 11.6 Å². The number of benzene rings is 2. The van der Waals surface area contributed by atoms with Gasteiger partial charge in [0.2, 0.25) is 5.91 Å². The molecular weight excluding hydrogens is 338 g/mol. The first-order valence-corrected chi connectivity index (χ1v) is 8.53. The normalized spacial score (nSPS) is 13.3. The van der Waals surface area contributed by atoms with Crippen LogP contribution in [0.1, 0.15) is 34.0 Å². The number of rotatable bonds is 4. The minimum Gasteiger partial charge on any atom is -0.356 e. The average molecular weight is 358 g/mol. The van der Waals surface area contributed by atoms with Crippen molar-refractivity contribution in [2.24, 2.45) is 0 Å². The molecule has 2 aromatic rings. The van der Waals surface area contributed by atoms with Gasteiger partial charge < -0.3 is 10.2 Å². The van der Waals surface area contributed by atoms with Crippen LogP contribution in [0.5, 0.6) is 0 Å². The molecule has 1 heterocycles. The lowest BCUT2D eigenvalue weighted by atomic mass is 9.98. The molecule has 1 aliphatic heterocycles. The summed E-state index contributed by atoms with van der Waals surface area (Å²) in [4.78, 5) is 25.1. The molecule has 2 aromatic carbocycles. The maximum Gasteiger partial charge on any atom is 0.254 e. The molecular formula is C20H20F2N2O2. The zero-order valence-corrected chi connectivity index (χ0v) is 14.5. The molecule has 3 rings (SSSR count). The summed E-state index contributed by atoms with van der Waals surface area (Å²) in [7, 11) is 0. The molecule has 1 N–H and O–H groups in total. The van der Waals surface area contributed by atoms with E-state index in [4.69, 9.17) is 0 Å². The van der Waals surface area contributed by atoms with Crippen LogP contribution in [0, 0.1) is 11.6 Å². The van der Waals surface area contributed by atoms with Gasteiger partial charge in [-0.05, 0) is 42.2 Å². The Morgan fingerprint density at radius 2 is 1.88 bits per heavy atom. The highest BCUT2D eigenvalue weighted by atomic mass is 19.1. The standard InChI is InChI=1S/C20H20F2N2O2/c1-13(25)23-8-6-14-2-4-15(5-3-14)20(26)24-9-7-16-10-17(21)11-19(22)18(16)12-24/h2-5,10-11H,6-9,12H2,1H3,(H,23,25). The first-order valence-electron chi connectivity index (χ1n) is 8.53. The van der Waals surface area contributed by atoms with Crippen LogP contribution in [-0.4, -0.2) is 29.8 Å². The smallest absolute Gasteiger partial charge is 0.254 e. The van der Waals surface area contributed by atoms with Crippen LogP contribution in [0.25, 0.3) is 0 Å². The van der Waals surface area contributed by atoms with Gasteiger partial charge in [0.15, 0.2) is 0 Å². The van der Waals surface area contributed by atoms with Gasteiger partial charge >= 0.3 is 0 Å². The topological polar surface area (TPSA) is 49.4 Å². The summed E-state index contributed by atoms with van der Waals surface area (Å²) in [6, 6.07) is 9.37. The van der Waals surface area contributed by atoms with Crippen LogP contribution < -0.4 is 5.32 Å². The minimum atomic E-state index is -0.606. The van der Waals surface area contributed by atoms with E-state index in [9.17, 15) is 18.4 Å². The van der Waals surface area contributed by atoms with Gasteiger partial charge in [0, 0.05) is 43.8 Å². The molecule has 136 valence electrons. The third-order valence-corrected chi connectivity index (χ3v) is 4.53. The molecule has 0 aromatic heterocycles. The SMILES string of the molecule is CC(=O)NCCc1ccc(C(=O)N2CCc3cc(F)cc(F)c3C2)cc1. The lowest BCUT2D eigenvalue weighted by Gasteiger charge is -2.29. The fraction of sp³-hybridized carbons (Fsp3) is 0.300. The second-order valence-electron chi connectivity index (χ2n) is 6.43. The van der Waals surface area contributed by atoms with Gasteiger partial charge in [-0.1, -0.05) is 12.1 Å². The number of halogens is 2. The van der Waals surface area contributed by atoms with E-state index in [1.54, 1.807) is 17.0 Å². The summed E-state index contributed by atoms with van der Waals surface area (Å²) in [6.07, 6.45) is 1.12. The van der Waals surface area contributed by atoms with Crippen molar-refractivity contribution in [2.75, 3.05) is 13.1 Å². The molecule has 26 heavy (non-hydrogen) atoms. The van der Waals surface area contributed by atoms with Gasteiger partial charge in [0.05, 0.1) is 0 Å². The molecule has 2 amide bonds. The van der Waals surface area contributed by atoms with Gasteiger partial charge in [0.1, 0.15) is 11.6 Å². The summed E-state index contributed by atoms with van der Waals surface area (Å²) >= 11 is 0. The number of carbonyl (C=O) groups is 2. The van der Waals surface area contributed by atoms with E-state index in [2.05, 4.69) is 5.32 Å². The highest BCUT2D eigenvalue weighted by Gasteiger charge is 2.24. The van der Waals surface area contributed by atoms with Crippen LogP contribution in [0.15, 0.2) is 36.4 Å². The third-order valence-electron chi connectivity index (χ3n) is 4.53. The number of nitrogens with zero attached hydrogens (tertiary/aromatic N) is 1. The number of hydrogen-bond acceptors (Lipinski definition) is 2. The van der Waals surface area contributed by atoms with Crippen molar-refractivity contribution in [3.05, 3.63) is 70.3 Å². The zero-order valence-electron chi connectivity index (χ0n) is 14.5. The predicted molar refractivity (Wildman–Crippen MR) is 93.6 cm³/mol. The van der Waals surface area contributed by atoms with Gasteiger partial charge in [-0.25, -0.2) is 8.78 Å². The van der Waals surface area contributed by atoms with Crippen molar-refractivity contribution in [2.45, 2.75) is 26.3 Å². The zero-order chi connectivity index (χ0) is 18.7. The molecule has 0 bridgehead atoms. The number of hydrogen-bond donors (Lipinski definition) is 1. The Kier molecular flexibility index (Phi) is 5.30. The molecule has 1 aliphatic rings. The Morgan fingerprint density at radius 3 is 2.58 bits per heavy atom. The van der Waals surface area contributed by atoms with Crippen molar-refractivity contribution in [1.29, 1.82) is 0 Å². The van der Waals surface area contributed by atoms with Gasteiger partial charge in [-0.2, -0.15) is 0 Å². The molecule has 0 spiro atoms. The van der Waals surface area contributed by atoms with E-state index in [0.717, 1.165) is 11.6 Å². The number of fused-ring (bicyclic) bond motifs is 1. The Morgan fingerprint density at radius 1 is 1.15 bits per heavy atom. The largest absolute Gasteiger partial charge is 0.356 e. The lowest BCUT2D eigenvalue weighted by Crippen LogP contribution is -2.36. The Balaban J connectivity index is 1.67. The summed E-state index contributed by atoms with van der Waals surface area (Å²) in [5.41, 5.74) is 2.55. The maximum absolute atomic E-state index is 14.0. The van der Waals surface area contributed by atoms with Crippen molar-refractivity contribution in [3.8, 4) is 0 Å². The molecule has 0 fully saturated rings. The van der Waals surface area contributed by atoms with E-state index in [-0.39, 0.29) is 18.4 Å². The summed E-state index contributed by atoms with van der Waals surface area (Å²) in [5.74, 6) is -1.44. The third kappa shape index (κ3) is 4.07. The second kappa shape index (κ2) is 7.64. The summed E-state index contributed by atoms with van der Waals surface area (Å²) in [5, 5.41) is 2.73. The lowest BCUT2D eigenvalue weighted by molar-refractivity contribution is -0.118. The summed E-state index contributed by atoms with van der Waals surface area (Å²) < 4.78 is 27.3. The molecule has 0 saturated heterocycles. The van der Waals surface area contributed by atoms with E-state index in [0.29, 0.717) is 42.6 Å². The van der Waals surface area contributed by atoms with E-state index in [1.165, 1.54) is 13.0 Å². The average Bonchev–Trinajstić information content (AvgIpc) is 2.61. The van der Waals surface area contributed by atoms with Crippen molar-refractivity contribution < 1.29 is 18.4 Å². The molecule has 6 heteroatoms. The first-order chi connectivity index (χ1) is 12.4. The Labute approximate surface area is 150 Å². The van der Waals surface area contributed by atoms with Crippen molar-refractivity contribution in [1.82, 2.24) is 10.2 Å². The van der Waals surface area contributed by atoms with Crippen molar-refractivity contribution >= 4 is 11.8 Å². The van der Waals surface area contributed by atoms with Crippen molar-refractivity contribution in [3.63, 3.8) is 0 Å². The van der Waals surface area contributed by atoms with Crippen LogP contribution in [0.3, 0.4) is 0 Å². The number of nitrogens with one attached hydrogen (secondary N) is 1. The number of amides is 2. The molecule has 0 atom stereocenters. The minimum absolute atomic E-state index is 0.0747. The highest BCUT2D eigenvalue weighted by molar-refractivity contribution is 5.94. The van der Waals surface area contributed by atoms with E-state index in [1.807, 2.05) is 12.1 Å². The van der Waals surface area contributed by atoms with Crippen LogP contribution in [0.4, 0.5) is 8.78 Å².